The van der Waals surface area contributed by atoms with E-state index in [1.165, 1.54) is 4.90 Å². The molecule has 2 heterocycles. The van der Waals surface area contributed by atoms with Crippen molar-refractivity contribution in [1.82, 2.24) is 15.1 Å². The van der Waals surface area contributed by atoms with Gasteiger partial charge in [-0.05, 0) is 24.3 Å². The molecule has 0 bridgehead atoms. The molecule has 8 nitrogen and oxygen atoms in total. The molecule has 128 valence electrons. The Morgan fingerprint density at radius 2 is 1.92 bits per heavy atom. The van der Waals surface area contributed by atoms with E-state index >= 15 is 0 Å². The molecular formula is C16H19N3O5. The molecule has 0 radical (unpaired) electrons. The molecule has 0 saturated carbocycles. The Morgan fingerprint density at radius 3 is 2.50 bits per heavy atom. The van der Waals surface area contributed by atoms with Gasteiger partial charge < -0.3 is 19.7 Å². The van der Waals surface area contributed by atoms with Crippen molar-refractivity contribution in [2.45, 2.75) is 6.04 Å². The van der Waals surface area contributed by atoms with Gasteiger partial charge in [-0.2, -0.15) is 0 Å². The highest BCUT2D eigenvalue weighted by Crippen LogP contribution is 2.21. The first-order valence-corrected chi connectivity index (χ1v) is 7.71. The fraction of sp³-hybridized carbons (Fsp3) is 0.438. The first kappa shape index (κ1) is 16.3. The molecule has 2 saturated heterocycles. The Balaban J connectivity index is 1.53. The predicted molar refractivity (Wildman–Crippen MR) is 83.7 cm³/mol. The minimum Gasteiger partial charge on any atom is -0.491 e. The van der Waals surface area contributed by atoms with Crippen LogP contribution in [-0.2, 0) is 9.53 Å². The van der Waals surface area contributed by atoms with Crippen LogP contribution in [0.25, 0.3) is 0 Å². The number of ether oxygens (including phenoxy) is 2. The van der Waals surface area contributed by atoms with E-state index in [0.29, 0.717) is 37.6 Å². The second-order valence-electron chi connectivity index (χ2n) is 5.65. The second kappa shape index (κ2) is 6.88. The number of likely N-dealkylation sites (tertiary alicyclic amines) is 1. The maximum atomic E-state index is 12.4. The van der Waals surface area contributed by atoms with E-state index in [1.54, 1.807) is 36.3 Å². The number of nitrogens with zero attached hydrogens (tertiary/aromatic N) is 2. The summed E-state index contributed by atoms with van der Waals surface area (Å²) in [7, 11) is 1.60. The number of carbonyl (C=O) groups excluding carboxylic acids is 3. The van der Waals surface area contributed by atoms with Crippen LogP contribution in [0, 0.1) is 0 Å². The van der Waals surface area contributed by atoms with Crippen LogP contribution in [0.3, 0.4) is 0 Å². The molecule has 3 rings (SSSR count). The first-order valence-electron chi connectivity index (χ1n) is 7.71. The molecule has 1 aromatic rings. The number of carbonyl (C=O) groups is 3. The molecule has 4 amide bonds. The van der Waals surface area contributed by atoms with Crippen LogP contribution in [-0.4, -0.2) is 73.6 Å². The predicted octanol–water partition coefficient (Wildman–Crippen LogP) is 0.0880. The smallest absolute Gasteiger partial charge is 0.324 e. The standard InChI is InChI=1S/C16H19N3O5/c1-23-6-7-24-13-4-2-11(3-5-13)15(21)18-9-12(10-18)19-14(20)8-17-16(19)22/h2-5,12H,6-10H2,1H3,(H,17,22). The van der Waals surface area contributed by atoms with Gasteiger partial charge in [-0.1, -0.05) is 0 Å². The van der Waals surface area contributed by atoms with Gasteiger partial charge in [0.1, 0.15) is 12.4 Å². The lowest BCUT2D eigenvalue weighted by Gasteiger charge is -2.42. The lowest BCUT2D eigenvalue weighted by molar-refractivity contribution is -0.128. The number of hydrogen-bond donors (Lipinski definition) is 1. The Morgan fingerprint density at radius 1 is 1.21 bits per heavy atom. The molecular weight excluding hydrogens is 314 g/mol. The Labute approximate surface area is 139 Å². The molecule has 0 spiro atoms. The topological polar surface area (TPSA) is 88.2 Å². The van der Waals surface area contributed by atoms with Gasteiger partial charge >= 0.3 is 6.03 Å². The molecule has 0 aromatic heterocycles. The van der Waals surface area contributed by atoms with Crippen molar-refractivity contribution in [2.75, 3.05) is 40.0 Å². The zero-order chi connectivity index (χ0) is 17.1. The van der Waals surface area contributed by atoms with E-state index in [4.69, 9.17) is 9.47 Å². The summed E-state index contributed by atoms with van der Waals surface area (Å²) in [6, 6.07) is 6.25. The van der Waals surface area contributed by atoms with Gasteiger partial charge in [0.2, 0.25) is 5.91 Å². The molecule has 0 aliphatic carbocycles. The van der Waals surface area contributed by atoms with E-state index < -0.39 is 0 Å². The fourth-order valence-electron chi connectivity index (χ4n) is 2.71. The molecule has 8 heteroatoms. The van der Waals surface area contributed by atoms with Crippen molar-refractivity contribution in [1.29, 1.82) is 0 Å². The lowest BCUT2D eigenvalue weighted by Crippen LogP contribution is -2.62. The van der Waals surface area contributed by atoms with E-state index in [9.17, 15) is 14.4 Å². The van der Waals surface area contributed by atoms with E-state index in [1.807, 2.05) is 0 Å². The van der Waals surface area contributed by atoms with Gasteiger partial charge in [-0.25, -0.2) is 4.79 Å². The summed E-state index contributed by atoms with van der Waals surface area (Å²) in [5, 5.41) is 2.48. The van der Waals surface area contributed by atoms with E-state index in [0.717, 1.165) is 0 Å². The first-order chi connectivity index (χ1) is 11.6. The highest BCUT2D eigenvalue weighted by molar-refractivity contribution is 6.03. The maximum absolute atomic E-state index is 12.4. The molecule has 0 atom stereocenters. The van der Waals surface area contributed by atoms with Gasteiger partial charge in [0.25, 0.3) is 5.91 Å². The largest absolute Gasteiger partial charge is 0.491 e. The molecule has 2 aliphatic rings. The van der Waals surface area contributed by atoms with Crippen LogP contribution in [0.5, 0.6) is 5.75 Å². The van der Waals surface area contributed by atoms with Gasteiger partial charge in [0.05, 0.1) is 19.2 Å². The molecule has 2 fully saturated rings. The number of methoxy groups -OCH3 is 1. The highest BCUT2D eigenvalue weighted by atomic mass is 16.5. The SMILES string of the molecule is COCCOc1ccc(C(=O)N2CC(N3C(=O)CNC3=O)C2)cc1. The Kier molecular flexibility index (Phi) is 4.66. The number of benzene rings is 1. The minimum atomic E-state index is -0.380. The summed E-state index contributed by atoms with van der Waals surface area (Å²) < 4.78 is 10.4. The number of nitrogens with one attached hydrogen (secondary N) is 1. The summed E-state index contributed by atoms with van der Waals surface area (Å²) in [6.07, 6.45) is 0. The van der Waals surface area contributed by atoms with Gasteiger partial charge in [0, 0.05) is 25.8 Å². The van der Waals surface area contributed by atoms with Crippen molar-refractivity contribution in [2.24, 2.45) is 0 Å². The van der Waals surface area contributed by atoms with Crippen LogP contribution in [0.1, 0.15) is 10.4 Å². The second-order valence-corrected chi connectivity index (χ2v) is 5.65. The number of hydrogen-bond acceptors (Lipinski definition) is 5. The zero-order valence-electron chi connectivity index (χ0n) is 13.4. The van der Waals surface area contributed by atoms with Crippen LogP contribution >= 0.6 is 0 Å². The quantitative estimate of drug-likeness (QED) is 0.589. The molecule has 0 unspecified atom stereocenters. The third-order valence-corrected chi connectivity index (χ3v) is 4.05. The van der Waals surface area contributed by atoms with Crippen molar-refractivity contribution >= 4 is 17.8 Å². The summed E-state index contributed by atoms with van der Waals surface area (Å²) in [6.45, 7) is 1.71. The maximum Gasteiger partial charge on any atom is 0.324 e. The zero-order valence-corrected chi connectivity index (χ0v) is 13.4. The van der Waals surface area contributed by atoms with Crippen LogP contribution in [0.2, 0.25) is 0 Å². The van der Waals surface area contributed by atoms with E-state index in [2.05, 4.69) is 5.32 Å². The van der Waals surface area contributed by atoms with Crippen LogP contribution < -0.4 is 10.1 Å². The number of rotatable bonds is 6. The van der Waals surface area contributed by atoms with Crippen molar-refractivity contribution in [3.8, 4) is 5.75 Å². The van der Waals surface area contributed by atoms with Gasteiger partial charge in [-0.15, -0.1) is 0 Å². The normalized spacial score (nSPS) is 17.7. The third kappa shape index (κ3) is 3.18. The number of urea groups is 1. The number of amides is 4. The molecule has 24 heavy (non-hydrogen) atoms. The van der Waals surface area contributed by atoms with Gasteiger partial charge in [0.15, 0.2) is 0 Å². The third-order valence-electron chi connectivity index (χ3n) is 4.05. The molecule has 1 N–H and O–H groups in total. The van der Waals surface area contributed by atoms with Crippen molar-refractivity contribution in [3.05, 3.63) is 29.8 Å². The Hall–Kier alpha value is -2.61. The van der Waals surface area contributed by atoms with Gasteiger partial charge in [-0.3, -0.25) is 14.5 Å². The van der Waals surface area contributed by atoms with Crippen LogP contribution in [0.15, 0.2) is 24.3 Å². The highest BCUT2D eigenvalue weighted by Gasteiger charge is 2.42. The van der Waals surface area contributed by atoms with E-state index in [-0.39, 0.29) is 30.4 Å². The molecule has 2 aliphatic heterocycles. The fourth-order valence-corrected chi connectivity index (χ4v) is 2.71. The summed E-state index contributed by atoms with van der Waals surface area (Å²) in [4.78, 5) is 38.4. The van der Waals surface area contributed by atoms with Crippen molar-refractivity contribution in [3.63, 3.8) is 0 Å². The monoisotopic (exact) mass is 333 g/mol. The summed E-state index contributed by atoms with van der Waals surface area (Å²) in [5.41, 5.74) is 0.546. The average molecular weight is 333 g/mol. The minimum absolute atomic E-state index is 0.0355. The van der Waals surface area contributed by atoms with Crippen molar-refractivity contribution < 1.29 is 23.9 Å². The summed E-state index contributed by atoms with van der Waals surface area (Å²) in [5.74, 6) is 0.306. The lowest BCUT2D eigenvalue weighted by atomic mass is 10.1. The molecule has 1 aromatic carbocycles. The van der Waals surface area contributed by atoms with Crippen LogP contribution in [0.4, 0.5) is 4.79 Å². The average Bonchev–Trinajstić information content (AvgIpc) is 2.87. The number of imide groups is 1. The Bertz CT molecular complexity index is 624. The summed E-state index contributed by atoms with van der Waals surface area (Å²) >= 11 is 0.